The van der Waals surface area contributed by atoms with Gasteiger partial charge >= 0.3 is 0 Å². The largest absolute Gasteiger partial charge is 0.326 e. The number of rotatable bonds is 4. The number of amides is 1. The first-order valence-electron chi connectivity index (χ1n) is 8.34. The van der Waals surface area contributed by atoms with Crippen LogP contribution >= 0.6 is 11.3 Å². The maximum atomic E-state index is 12.4. The summed E-state index contributed by atoms with van der Waals surface area (Å²) < 4.78 is 2.79. The summed E-state index contributed by atoms with van der Waals surface area (Å²) in [6.45, 7) is 5.90. The van der Waals surface area contributed by atoms with Gasteiger partial charge < -0.3 is 5.32 Å². The Kier molecular flexibility index (Phi) is 4.12. The highest BCUT2D eigenvalue weighted by Gasteiger charge is 2.13. The lowest BCUT2D eigenvalue weighted by molar-refractivity contribution is -0.116. The number of thiazole rings is 1. The number of benzene rings is 1. The summed E-state index contributed by atoms with van der Waals surface area (Å²) in [6.07, 6.45) is 2.47. The van der Waals surface area contributed by atoms with Gasteiger partial charge in [-0.3, -0.25) is 4.79 Å². The molecule has 0 saturated heterocycles. The Labute approximate surface area is 154 Å². The maximum Gasteiger partial charge on any atom is 0.252 e. The smallest absolute Gasteiger partial charge is 0.252 e. The summed E-state index contributed by atoms with van der Waals surface area (Å²) in [6, 6.07) is 5.79. The molecular formula is C18H18N6OS. The molecule has 1 aromatic carbocycles. The molecule has 3 heterocycles. The number of nitrogens with one attached hydrogen (secondary N) is 1. The minimum atomic E-state index is -0.0249. The number of aryl methyl sites for hydroxylation is 3. The fourth-order valence-corrected chi connectivity index (χ4v) is 3.96. The molecular weight excluding hydrogens is 348 g/mol. The number of nitrogens with zero attached hydrogens (tertiary/aromatic N) is 5. The zero-order valence-electron chi connectivity index (χ0n) is 14.8. The highest BCUT2D eigenvalue weighted by atomic mass is 32.1. The van der Waals surface area contributed by atoms with Gasteiger partial charge in [-0.15, -0.1) is 11.3 Å². The number of hydrogen-bond acceptors (Lipinski definition) is 6. The Bertz CT molecular complexity index is 1130. The van der Waals surface area contributed by atoms with Gasteiger partial charge in [-0.25, -0.2) is 14.5 Å². The van der Waals surface area contributed by atoms with E-state index in [1.54, 1.807) is 15.9 Å². The third-order valence-electron chi connectivity index (χ3n) is 4.37. The SMILES string of the molecule is Cc1nc2ccc(NC(=O)CCc3c(C)nc4ncnn4c3C)cc2s1. The minimum Gasteiger partial charge on any atom is -0.326 e. The number of hydrogen-bond donors (Lipinski definition) is 1. The molecule has 0 saturated carbocycles. The quantitative estimate of drug-likeness (QED) is 0.599. The zero-order valence-corrected chi connectivity index (χ0v) is 15.6. The average Bonchev–Trinajstić information content (AvgIpc) is 3.19. The first kappa shape index (κ1) is 16.6. The van der Waals surface area contributed by atoms with Crippen molar-refractivity contribution < 1.29 is 4.79 Å². The maximum absolute atomic E-state index is 12.4. The van der Waals surface area contributed by atoms with E-state index in [0.717, 1.165) is 37.9 Å². The fourth-order valence-electron chi connectivity index (χ4n) is 3.10. The molecule has 3 aromatic heterocycles. The number of fused-ring (bicyclic) bond motifs is 2. The number of carbonyl (C=O) groups is 1. The summed E-state index contributed by atoms with van der Waals surface area (Å²) in [5.41, 5.74) is 4.65. The average molecular weight is 366 g/mol. The van der Waals surface area contributed by atoms with Crippen LogP contribution in [-0.2, 0) is 11.2 Å². The molecule has 4 aromatic rings. The zero-order chi connectivity index (χ0) is 18.3. The Morgan fingerprint density at radius 2 is 2.08 bits per heavy atom. The van der Waals surface area contributed by atoms with Crippen molar-refractivity contribution in [1.29, 1.82) is 0 Å². The van der Waals surface area contributed by atoms with Crippen molar-refractivity contribution in [2.75, 3.05) is 5.32 Å². The molecule has 0 aliphatic carbocycles. The molecule has 0 fully saturated rings. The summed E-state index contributed by atoms with van der Waals surface area (Å²) in [5.74, 6) is 0.560. The van der Waals surface area contributed by atoms with Crippen LogP contribution < -0.4 is 5.32 Å². The van der Waals surface area contributed by atoms with Crippen molar-refractivity contribution in [3.63, 3.8) is 0 Å². The van der Waals surface area contributed by atoms with Crippen LogP contribution in [0.25, 0.3) is 16.0 Å². The first-order chi connectivity index (χ1) is 12.5. The van der Waals surface area contributed by atoms with Crippen LogP contribution in [0, 0.1) is 20.8 Å². The van der Waals surface area contributed by atoms with E-state index in [1.165, 1.54) is 6.33 Å². The monoisotopic (exact) mass is 366 g/mol. The summed E-state index contributed by atoms with van der Waals surface area (Å²) in [5, 5.41) is 8.17. The molecule has 0 aliphatic heterocycles. The number of anilines is 1. The Hall–Kier alpha value is -2.87. The van der Waals surface area contributed by atoms with E-state index >= 15 is 0 Å². The van der Waals surface area contributed by atoms with Crippen molar-refractivity contribution >= 4 is 38.9 Å². The predicted octanol–water partition coefficient (Wildman–Crippen LogP) is 3.23. The third kappa shape index (κ3) is 3.03. The third-order valence-corrected chi connectivity index (χ3v) is 5.30. The highest BCUT2D eigenvalue weighted by molar-refractivity contribution is 7.18. The van der Waals surface area contributed by atoms with E-state index in [0.29, 0.717) is 18.6 Å². The minimum absolute atomic E-state index is 0.0249. The molecule has 26 heavy (non-hydrogen) atoms. The molecule has 132 valence electrons. The Balaban J connectivity index is 1.48. The fraction of sp³-hybridized carbons (Fsp3) is 0.278. The molecule has 7 nitrogen and oxygen atoms in total. The van der Waals surface area contributed by atoms with E-state index in [9.17, 15) is 4.79 Å². The lowest BCUT2D eigenvalue weighted by Gasteiger charge is -2.10. The molecule has 8 heteroatoms. The molecule has 4 rings (SSSR count). The van der Waals surface area contributed by atoms with E-state index in [4.69, 9.17) is 0 Å². The van der Waals surface area contributed by atoms with Crippen molar-refractivity contribution in [3.8, 4) is 0 Å². The van der Waals surface area contributed by atoms with E-state index in [1.807, 2.05) is 39.0 Å². The van der Waals surface area contributed by atoms with Gasteiger partial charge in [0.15, 0.2) is 0 Å². The molecule has 0 bridgehead atoms. The molecule has 0 unspecified atom stereocenters. The Morgan fingerprint density at radius 3 is 2.92 bits per heavy atom. The number of aromatic nitrogens is 5. The normalized spacial score (nSPS) is 11.3. The van der Waals surface area contributed by atoms with Crippen LogP contribution in [-0.4, -0.2) is 30.5 Å². The van der Waals surface area contributed by atoms with Crippen LogP contribution in [0.15, 0.2) is 24.5 Å². The molecule has 0 aliphatic rings. The topological polar surface area (TPSA) is 85.1 Å². The van der Waals surface area contributed by atoms with Gasteiger partial charge in [-0.05, 0) is 51.0 Å². The molecule has 1 amide bonds. The van der Waals surface area contributed by atoms with E-state index in [-0.39, 0.29) is 5.91 Å². The lowest BCUT2D eigenvalue weighted by Crippen LogP contribution is -2.14. The van der Waals surface area contributed by atoms with Crippen molar-refractivity contribution in [2.45, 2.75) is 33.6 Å². The van der Waals surface area contributed by atoms with Crippen LogP contribution in [0.2, 0.25) is 0 Å². The Morgan fingerprint density at radius 1 is 1.23 bits per heavy atom. The van der Waals surface area contributed by atoms with Gasteiger partial charge in [0.25, 0.3) is 5.78 Å². The molecule has 0 spiro atoms. The lowest BCUT2D eigenvalue weighted by atomic mass is 10.1. The molecule has 0 radical (unpaired) electrons. The van der Waals surface area contributed by atoms with Gasteiger partial charge in [0.05, 0.1) is 15.2 Å². The number of carbonyl (C=O) groups excluding carboxylic acids is 1. The van der Waals surface area contributed by atoms with Crippen LogP contribution in [0.4, 0.5) is 5.69 Å². The summed E-state index contributed by atoms with van der Waals surface area (Å²) in [7, 11) is 0. The van der Waals surface area contributed by atoms with E-state index < -0.39 is 0 Å². The highest BCUT2D eigenvalue weighted by Crippen LogP contribution is 2.25. The first-order valence-corrected chi connectivity index (χ1v) is 9.16. The second kappa shape index (κ2) is 6.45. The van der Waals surface area contributed by atoms with Crippen molar-refractivity contribution in [1.82, 2.24) is 24.6 Å². The van der Waals surface area contributed by atoms with Crippen molar-refractivity contribution in [2.24, 2.45) is 0 Å². The second-order valence-electron chi connectivity index (χ2n) is 6.20. The van der Waals surface area contributed by atoms with Crippen LogP contribution in [0.5, 0.6) is 0 Å². The van der Waals surface area contributed by atoms with E-state index in [2.05, 4.69) is 25.4 Å². The second-order valence-corrected chi connectivity index (χ2v) is 7.43. The van der Waals surface area contributed by atoms with Crippen molar-refractivity contribution in [3.05, 3.63) is 46.5 Å². The van der Waals surface area contributed by atoms with Crippen LogP contribution in [0.3, 0.4) is 0 Å². The van der Waals surface area contributed by atoms with Gasteiger partial charge in [0.1, 0.15) is 6.33 Å². The predicted molar refractivity (Wildman–Crippen MR) is 102 cm³/mol. The molecule has 1 N–H and O–H groups in total. The van der Waals surface area contributed by atoms with Gasteiger partial charge in [0.2, 0.25) is 5.91 Å². The van der Waals surface area contributed by atoms with Gasteiger partial charge in [0, 0.05) is 23.5 Å². The standard InChI is InChI=1S/C18H18N6OS/c1-10-14(11(2)24-18(21-10)19-9-20-24)5-7-17(25)23-13-4-6-15-16(8-13)26-12(3)22-15/h4,6,8-9H,5,7H2,1-3H3,(H,23,25). The van der Waals surface area contributed by atoms with Gasteiger partial charge in [-0.1, -0.05) is 0 Å². The van der Waals surface area contributed by atoms with Gasteiger partial charge in [-0.2, -0.15) is 10.1 Å². The van der Waals surface area contributed by atoms with Crippen LogP contribution in [0.1, 0.15) is 28.4 Å². The summed E-state index contributed by atoms with van der Waals surface area (Å²) >= 11 is 1.62. The summed E-state index contributed by atoms with van der Waals surface area (Å²) in [4.78, 5) is 25.4. The molecule has 0 atom stereocenters.